The third-order valence-corrected chi connectivity index (χ3v) is 3.46. The van der Waals surface area contributed by atoms with Gasteiger partial charge in [0.05, 0.1) is 13.2 Å². The average Bonchev–Trinajstić information content (AvgIpc) is 2.36. The Hall–Kier alpha value is -1.88. The first-order valence-electron chi connectivity index (χ1n) is 7.08. The van der Waals surface area contributed by atoms with Crippen LogP contribution < -0.4 is 4.72 Å². The fourth-order valence-corrected chi connectivity index (χ4v) is 2.24. The van der Waals surface area contributed by atoms with Crippen LogP contribution in [0.2, 0.25) is 0 Å². The van der Waals surface area contributed by atoms with Crippen molar-refractivity contribution in [3.05, 3.63) is 0 Å². The molecule has 1 N–H and O–H groups in total. The molecule has 0 aliphatic carbocycles. The molecule has 10 nitrogen and oxygen atoms in total. The molecule has 0 radical (unpaired) electrons. The highest BCUT2D eigenvalue weighted by atomic mass is 32.2. The quantitative estimate of drug-likeness (QED) is 0.483. The van der Waals surface area contributed by atoms with Gasteiger partial charge in [0.1, 0.15) is 0 Å². The van der Waals surface area contributed by atoms with Crippen LogP contribution in [0.1, 0.15) is 41.5 Å². The van der Waals surface area contributed by atoms with Crippen LogP contribution in [0.25, 0.3) is 0 Å². The van der Waals surface area contributed by atoms with Crippen molar-refractivity contribution in [2.75, 3.05) is 13.2 Å². The second kappa shape index (κ2) is 8.29. The summed E-state index contributed by atoms with van der Waals surface area (Å²) in [7, 11) is -4.69. The highest BCUT2D eigenvalue weighted by molar-refractivity contribution is 7.85. The van der Waals surface area contributed by atoms with Gasteiger partial charge in [0, 0.05) is 0 Å². The van der Waals surface area contributed by atoms with Crippen LogP contribution >= 0.6 is 0 Å². The van der Waals surface area contributed by atoms with E-state index >= 15 is 0 Å². The second-order valence-corrected chi connectivity index (χ2v) is 6.77. The Balaban J connectivity index is 4.90. The van der Waals surface area contributed by atoms with Gasteiger partial charge in [-0.15, -0.1) is 0 Å². The van der Waals surface area contributed by atoms with Crippen LogP contribution in [0, 0.1) is 0 Å². The fraction of sp³-hybridized carbons (Fsp3) is 0.769. The van der Waals surface area contributed by atoms with Crippen LogP contribution in [0.3, 0.4) is 0 Å². The van der Waals surface area contributed by atoms with E-state index in [0.29, 0.717) is 0 Å². The minimum absolute atomic E-state index is 0.0227. The minimum atomic E-state index is -4.69. The number of rotatable bonds is 8. The zero-order valence-corrected chi connectivity index (χ0v) is 15.3. The fourth-order valence-electron chi connectivity index (χ4n) is 1.34. The SMILES string of the molecule is CCOC(=O)C(C)(C)OC(=O)NS(=O)(=O)OC(C)(C)C(=O)OCC. The molecule has 0 spiro atoms. The Labute approximate surface area is 141 Å². The van der Waals surface area contributed by atoms with E-state index in [-0.39, 0.29) is 13.2 Å². The molecule has 0 unspecified atom stereocenters. The zero-order valence-electron chi connectivity index (χ0n) is 14.5. The molecule has 0 aromatic heterocycles. The number of hydrogen-bond acceptors (Lipinski definition) is 9. The van der Waals surface area contributed by atoms with Gasteiger partial charge in [0.15, 0.2) is 5.60 Å². The Morgan fingerprint density at radius 3 is 1.71 bits per heavy atom. The van der Waals surface area contributed by atoms with Gasteiger partial charge in [-0.25, -0.2) is 18.6 Å². The topological polar surface area (TPSA) is 134 Å². The van der Waals surface area contributed by atoms with Crippen LogP contribution in [-0.2, 0) is 38.3 Å². The van der Waals surface area contributed by atoms with Gasteiger partial charge in [0.25, 0.3) is 0 Å². The third-order valence-electron chi connectivity index (χ3n) is 2.41. The summed E-state index contributed by atoms with van der Waals surface area (Å²) in [5.41, 5.74) is -3.58. The molecule has 0 bridgehead atoms. The molecule has 24 heavy (non-hydrogen) atoms. The largest absolute Gasteiger partial charge is 0.464 e. The van der Waals surface area contributed by atoms with Gasteiger partial charge in [-0.1, -0.05) is 0 Å². The van der Waals surface area contributed by atoms with Gasteiger partial charge in [-0.3, -0.25) is 0 Å². The molecular weight excluding hydrogens is 346 g/mol. The summed E-state index contributed by atoms with van der Waals surface area (Å²) in [6.07, 6.45) is -1.47. The van der Waals surface area contributed by atoms with Crippen molar-refractivity contribution in [3.63, 3.8) is 0 Å². The smallest absolute Gasteiger partial charge is 0.423 e. The highest BCUT2D eigenvalue weighted by Crippen LogP contribution is 2.16. The van der Waals surface area contributed by atoms with Gasteiger partial charge in [0.2, 0.25) is 5.60 Å². The van der Waals surface area contributed by atoms with Gasteiger partial charge in [-0.2, -0.15) is 13.1 Å². The third kappa shape index (κ3) is 7.13. The lowest BCUT2D eigenvalue weighted by atomic mass is 10.1. The predicted molar refractivity (Wildman–Crippen MR) is 81.0 cm³/mol. The van der Waals surface area contributed by atoms with Crippen LogP contribution in [0.15, 0.2) is 0 Å². The van der Waals surface area contributed by atoms with Gasteiger partial charge < -0.3 is 14.2 Å². The number of carbonyl (C=O) groups excluding carboxylic acids is 3. The first-order chi connectivity index (χ1) is 10.8. The number of carbonyl (C=O) groups is 3. The number of amides is 1. The number of ether oxygens (including phenoxy) is 3. The Bertz CT molecular complexity index is 580. The van der Waals surface area contributed by atoms with E-state index < -0.39 is 39.5 Å². The molecule has 140 valence electrons. The molecule has 0 aromatic carbocycles. The zero-order chi connectivity index (χ0) is 19.2. The van der Waals surface area contributed by atoms with Crippen molar-refractivity contribution in [1.82, 2.24) is 4.72 Å². The standard InChI is InChI=1S/C13H23NO9S/c1-7-20-9(15)12(3,4)22-11(17)14-24(18,19)23-13(5,6)10(16)21-8-2/h7-8H2,1-6H3,(H,14,17). The molecule has 1 amide bonds. The van der Waals surface area contributed by atoms with E-state index in [1.807, 2.05) is 0 Å². The molecule has 0 atom stereocenters. The normalized spacial score (nSPS) is 12.2. The number of nitrogens with one attached hydrogen (secondary N) is 1. The lowest BCUT2D eigenvalue weighted by Gasteiger charge is -2.24. The van der Waals surface area contributed by atoms with E-state index in [1.165, 1.54) is 25.5 Å². The lowest BCUT2D eigenvalue weighted by Crippen LogP contribution is -2.47. The summed E-state index contributed by atoms with van der Waals surface area (Å²) < 4.78 is 43.7. The van der Waals surface area contributed by atoms with Crippen molar-refractivity contribution >= 4 is 28.3 Å². The molecule has 0 fully saturated rings. The maximum atomic E-state index is 11.8. The maximum Gasteiger partial charge on any atom is 0.423 e. The van der Waals surface area contributed by atoms with E-state index in [4.69, 9.17) is 9.47 Å². The van der Waals surface area contributed by atoms with Gasteiger partial charge in [-0.05, 0) is 41.5 Å². The molecule has 0 aliphatic heterocycles. The number of esters is 2. The monoisotopic (exact) mass is 369 g/mol. The summed E-state index contributed by atoms with van der Waals surface area (Å²) in [4.78, 5) is 34.8. The van der Waals surface area contributed by atoms with E-state index in [2.05, 4.69) is 8.92 Å². The number of hydrogen-bond donors (Lipinski definition) is 1. The van der Waals surface area contributed by atoms with Crippen LogP contribution in [-0.4, -0.2) is 50.9 Å². The highest BCUT2D eigenvalue weighted by Gasteiger charge is 2.39. The first kappa shape index (κ1) is 22.1. The van der Waals surface area contributed by atoms with Gasteiger partial charge >= 0.3 is 28.3 Å². The Morgan fingerprint density at radius 2 is 1.29 bits per heavy atom. The van der Waals surface area contributed by atoms with E-state index in [1.54, 1.807) is 6.92 Å². The summed E-state index contributed by atoms with van der Waals surface area (Å²) >= 11 is 0. The molecule has 0 aromatic rings. The Morgan fingerprint density at radius 1 is 0.875 bits per heavy atom. The second-order valence-electron chi connectivity index (χ2n) is 5.49. The van der Waals surface area contributed by atoms with Crippen LogP contribution in [0.4, 0.5) is 4.79 Å². The summed E-state index contributed by atoms with van der Waals surface area (Å²) in [5.74, 6) is -1.79. The molecule has 11 heteroatoms. The molecule has 0 saturated heterocycles. The summed E-state index contributed by atoms with van der Waals surface area (Å²) in [5, 5.41) is 0. The van der Waals surface area contributed by atoms with Crippen LogP contribution in [0.5, 0.6) is 0 Å². The van der Waals surface area contributed by atoms with E-state index in [0.717, 1.165) is 13.8 Å². The predicted octanol–water partition coefficient (Wildman–Crippen LogP) is 0.657. The van der Waals surface area contributed by atoms with Crippen molar-refractivity contribution in [2.24, 2.45) is 0 Å². The van der Waals surface area contributed by atoms with Crippen molar-refractivity contribution in [1.29, 1.82) is 0 Å². The average molecular weight is 369 g/mol. The summed E-state index contributed by atoms with van der Waals surface area (Å²) in [6, 6.07) is 0. The molecule has 0 heterocycles. The lowest BCUT2D eigenvalue weighted by molar-refractivity contribution is -0.161. The van der Waals surface area contributed by atoms with E-state index in [9.17, 15) is 22.8 Å². The summed E-state index contributed by atoms with van der Waals surface area (Å²) in [6.45, 7) is 7.92. The minimum Gasteiger partial charge on any atom is -0.464 e. The first-order valence-corrected chi connectivity index (χ1v) is 8.49. The molecule has 0 aliphatic rings. The molecule has 0 saturated carbocycles. The Kier molecular flexibility index (Phi) is 7.64. The molecular formula is C13H23NO9S. The van der Waals surface area contributed by atoms with Crippen molar-refractivity contribution in [2.45, 2.75) is 52.7 Å². The van der Waals surface area contributed by atoms with Crippen molar-refractivity contribution in [3.8, 4) is 0 Å². The molecule has 0 rings (SSSR count). The van der Waals surface area contributed by atoms with Crippen molar-refractivity contribution < 1.29 is 41.2 Å². The maximum absolute atomic E-state index is 11.8.